The van der Waals surface area contributed by atoms with Crippen molar-refractivity contribution in [2.45, 2.75) is 6.67 Å². The van der Waals surface area contributed by atoms with Crippen molar-refractivity contribution in [3.05, 3.63) is 29.3 Å². The third kappa shape index (κ3) is 1.47. The number of benzene rings is 1. The van der Waals surface area contributed by atoms with Gasteiger partial charge in [0.2, 0.25) is 0 Å². The van der Waals surface area contributed by atoms with Crippen LogP contribution in [0.4, 0.5) is 4.39 Å². The van der Waals surface area contributed by atoms with Crippen molar-refractivity contribution in [1.82, 2.24) is 0 Å². The van der Waals surface area contributed by atoms with Gasteiger partial charge in [-0.15, -0.1) is 0 Å². The maximum atomic E-state index is 12.0. The van der Waals surface area contributed by atoms with Crippen molar-refractivity contribution in [3.63, 3.8) is 0 Å². The number of nitrogens with zero attached hydrogens (tertiary/aromatic N) is 1. The Bertz CT molecular complexity index is 303. The molecule has 3 heteroatoms. The lowest BCUT2D eigenvalue weighted by Gasteiger charge is -1.97. The van der Waals surface area contributed by atoms with Gasteiger partial charge in [-0.1, -0.05) is 6.07 Å². The second-order valence-electron chi connectivity index (χ2n) is 2.09. The molecule has 11 heavy (non-hydrogen) atoms. The lowest BCUT2D eigenvalue weighted by molar-refractivity contribution is 0.433. The van der Waals surface area contributed by atoms with Crippen LogP contribution in [-0.4, -0.2) is 5.11 Å². The summed E-state index contributed by atoms with van der Waals surface area (Å²) < 4.78 is 12.0. The number of alkyl halides is 1. The topological polar surface area (TPSA) is 44.0 Å². The molecule has 0 amide bonds. The molecule has 0 aromatic heterocycles. The highest BCUT2D eigenvalue weighted by atomic mass is 19.1. The molecule has 0 atom stereocenters. The number of rotatable bonds is 1. The molecule has 0 bridgehead atoms. The minimum absolute atomic E-state index is 0.161. The molecule has 2 nitrogen and oxygen atoms in total. The van der Waals surface area contributed by atoms with E-state index in [2.05, 4.69) is 0 Å². The van der Waals surface area contributed by atoms with E-state index in [1.54, 1.807) is 0 Å². The molecule has 0 radical (unpaired) electrons. The summed E-state index contributed by atoms with van der Waals surface area (Å²) in [5, 5.41) is 17.4. The first kappa shape index (κ1) is 7.55. The van der Waals surface area contributed by atoms with Gasteiger partial charge in [0, 0.05) is 5.56 Å². The second-order valence-corrected chi connectivity index (χ2v) is 2.09. The molecule has 0 fully saturated rings. The number of halogens is 1. The van der Waals surface area contributed by atoms with E-state index in [-0.39, 0.29) is 11.3 Å². The molecule has 56 valence electrons. The molecule has 0 aliphatic carbocycles. The fourth-order valence-corrected chi connectivity index (χ4v) is 0.746. The Morgan fingerprint density at radius 3 is 2.73 bits per heavy atom. The number of phenols is 1. The molecular formula is C8H6FNO. The highest BCUT2D eigenvalue weighted by molar-refractivity contribution is 5.41. The summed E-state index contributed by atoms with van der Waals surface area (Å²) in [6.07, 6.45) is 0. The highest BCUT2D eigenvalue weighted by Gasteiger charge is 2.00. The van der Waals surface area contributed by atoms with E-state index < -0.39 is 6.67 Å². The van der Waals surface area contributed by atoms with Gasteiger partial charge >= 0.3 is 0 Å². The summed E-state index contributed by atoms with van der Waals surface area (Å²) in [6.45, 7) is -0.711. The van der Waals surface area contributed by atoms with E-state index in [0.29, 0.717) is 5.56 Å². The standard InChI is InChI=1S/C8H6FNO/c9-4-7-2-1-6(5-10)3-8(7)11/h1-3,11H,4H2. The number of nitriles is 1. The van der Waals surface area contributed by atoms with Gasteiger partial charge in [0.1, 0.15) is 12.4 Å². The lowest BCUT2D eigenvalue weighted by Crippen LogP contribution is -1.81. The Hall–Kier alpha value is -1.56. The summed E-state index contributed by atoms with van der Waals surface area (Å²) in [6, 6.07) is 5.95. The van der Waals surface area contributed by atoms with Gasteiger partial charge in [-0.05, 0) is 12.1 Å². The zero-order chi connectivity index (χ0) is 8.27. The average molecular weight is 151 g/mol. The average Bonchev–Trinajstić information content (AvgIpc) is 2.04. The molecule has 1 rings (SSSR count). The monoisotopic (exact) mass is 151 g/mol. The van der Waals surface area contributed by atoms with E-state index in [1.165, 1.54) is 18.2 Å². The van der Waals surface area contributed by atoms with Gasteiger partial charge < -0.3 is 5.11 Å². The van der Waals surface area contributed by atoms with Crippen molar-refractivity contribution >= 4 is 0 Å². The van der Waals surface area contributed by atoms with Crippen LogP contribution in [0, 0.1) is 11.3 Å². The minimum atomic E-state index is -0.711. The van der Waals surface area contributed by atoms with E-state index >= 15 is 0 Å². The molecule has 0 heterocycles. The Morgan fingerprint density at radius 2 is 2.27 bits per heavy atom. The van der Waals surface area contributed by atoms with E-state index in [0.717, 1.165) is 0 Å². The smallest absolute Gasteiger partial charge is 0.122 e. The first-order chi connectivity index (χ1) is 5.27. The van der Waals surface area contributed by atoms with Crippen molar-refractivity contribution in [1.29, 1.82) is 5.26 Å². The van der Waals surface area contributed by atoms with Gasteiger partial charge in [0.25, 0.3) is 0 Å². The SMILES string of the molecule is N#Cc1ccc(CF)c(O)c1. The molecule has 0 unspecified atom stereocenters. The van der Waals surface area contributed by atoms with Crippen LogP contribution in [0.15, 0.2) is 18.2 Å². The minimum Gasteiger partial charge on any atom is -0.508 e. The zero-order valence-corrected chi connectivity index (χ0v) is 5.71. The van der Waals surface area contributed by atoms with Crippen LogP contribution < -0.4 is 0 Å². The van der Waals surface area contributed by atoms with E-state index in [4.69, 9.17) is 10.4 Å². The summed E-state index contributed by atoms with van der Waals surface area (Å²) >= 11 is 0. The lowest BCUT2D eigenvalue weighted by atomic mass is 10.1. The highest BCUT2D eigenvalue weighted by Crippen LogP contribution is 2.18. The number of phenolic OH excluding ortho intramolecular Hbond substituents is 1. The summed E-state index contributed by atoms with van der Waals surface area (Å²) in [7, 11) is 0. The van der Waals surface area contributed by atoms with Crippen LogP contribution in [0.3, 0.4) is 0 Å². The Kier molecular flexibility index (Phi) is 2.07. The van der Waals surface area contributed by atoms with Gasteiger partial charge in [-0.2, -0.15) is 5.26 Å². The summed E-state index contributed by atoms with van der Waals surface area (Å²) in [5.41, 5.74) is 0.545. The third-order valence-electron chi connectivity index (χ3n) is 1.36. The quantitative estimate of drug-likeness (QED) is 0.664. The van der Waals surface area contributed by atoms with E-state index in [1.807, 2.05) is 6.07 Å². The molecule has 1 aromatic carbocycles. The predicted molar refractivity (Wildman–Crippen MR) is 37.6 cm³/mol. The fourth-order valence-electron chi connectivity index (χ4n) is 0.746. The molecule has 1 aromatic rings. The van der Waals surface area contributed by atoms with Crippen molar-refractivity contribution in [2.75, 3.05) is 0 Å². The molecule has 0 saturated heterocycles. The van der Waals surface area contributed by atoms with Crippen LogP contribution in [0.5, 0.6) is 5.75 Å². The van der Waals surface area contributed by atoms with Gasteiger partial charge in [-0.25, -0.2) is 4.39 Å². The van der Waals surface area contributed by atoms with Gasteiger partial charge in [-0.3, -0.25) is 0 Å². The molecule has 0 saturated carbocycles. The normalized spacial score (nSPS) is 9.09. The molecule has 0 spiro atoms. The maximum absolute atomic E-state index is 12.0. The van der Waals surface area contributed by atoms with Crippen LogP contribution in [0.2, 0.25) is 0 Å². The van der Waals surface area contributed by atoms with Crippen molar-refractivity contribution in [3.8, 4) is 11.8 Å². The maximum Gasteiger partial charge on any atom is 0.122 e. The van der Waals surface area contributed by atoms with Crippen LogP contribution in [-0.2, 0) is 6.67 Å². The summed E-state index contributed by atoms with van der Waals surface area (Å²) in [5.74, 6) is -0.161. The van der Waals surface area contributed by atoms with Gasteiger partial charge in [0.15, 0.2) is 0 Å². The number of hydrogen-bond donors (Lipinski definition) is 1. The Morgan fingerprint density at radius 1 is 1.55 bits per heavy atom. The zero-order valence-electron chi connectivity index (χ0n) is 5.71. The van der Waals surface area contributed by atoms with Gasteiger partial charge in [0.05, 0.1) is 11.6 Å². The summed E-state index contributed by atoms with van der Waals surface area (Å²) in [4.78, 5) is 0. The second kappa shape index (κ2) is 3.02. The molecule has 0 aliphatic rings. The van der Waals surface area contributed by atoms with Crippen molar-refractivity contribution in [2.24, 2.45) is 0 Å². The fraction of sp³-hybridized carbons (Fsp3) is 0.125. The molecule has 0 aliphatic heterocycles. The largest absolute Gasteiger partial charge is 0.508 e. The van der Waals surface area contributed by atoms with Crippen LogP contribution >= 0.6 is 0 Å². The third-order valence-corrected chi connectivity index (χ3v) is 1.36. The number of hydrogen-bond acceptors (Lipinski definition) is 2. The number of aromatic hydroxyl groups is 1. The van der Waals surface area contributed by atoms with Crippen molar-refractivity contribution < 1.29 is 9.50 Å². The van der Waals surface area contributed by atoms with E-state index in [9.17, 15) is 4.39 Å². The first-order valence-electron chi connectivity index (χ1n) is 3.06. The van der Waals surface area contributed by atoms with Crippen LogP contribution in [0.1, 0.15) is 11.1 Å². The first-order valence-corrected chi connectivity index (χ1v) is 3.06. The molecular weight excluding hydrogens is 145 g/mol. The molecule has 1 N–H and O–H groups in total. The Labute approximate surface area is 63.5 Å². The van der Waals surface area contributed by atoms with Crippen LogP contribution in [0.25, 0.3) is 0 Å². The predicted octanol–water partition coefficient (Wildman–Crippen LogP) is 1.73. The Balaban J connectivity index is 3.12.